The molecule has 0 radical (unpaired) electrons. The van der Waals surface area contributed by atoms with Gasteiger partial charge >= 0.3 is 0 Å². The molecule has 0 amide bonds. The largest absolute Gasteiger partial charge is 0.242 e. The Morgan fingerprint density at radius 2 is 2.08 bits per heavy atom. The standard InChI is InChI=1S/C7H7Cl2NO2S/c1-2-13(11,12)7-6(9)3-5(8)4-10-7/h3-4H,2H2,1H3. The molecule has 0 aliphatic heterocycles. The SMILES string of the molecule is CCS(=O)(=O)c1ncc(Cl)cc1Cl. The quantitative estimate of drug-likeness (QED) is 0.795. The molecule has 1 aromatic rings. The summed E-state index contributed by atoms with van der Waals surface area (Å²) in [5, 5.41) is 0.274. The van der Waals surface area contributed by atoms with Crippen LogP contribution >= 0.6 is 23.2 Å². The van der Waals surface area contributed by atoms with Gasteiger partial charge in [-0.3, -0.25) is 0 Å². The molecule has 72 valence electrons. The molecular weight excluding hydrogens is 233 g/mol. The lowest BCUT2D eigenvalue weighted by atomic mass is 10.5. The molecule has 6 heteroatoms. The first-order valence-electron chi connectivity index (χ1n) is 3.51. The molecule has 1 heterocycles. The molecule has 0 aliphatic carbocycles. The molecule has 1 rings (SSSR count). The molecule has 0 unspecified atom stereocenters. The summed E-state index contributed by atoms with van der Waals surface area (Å²) in [7, 11) is -3.35. The third-order valence-electron chi connectivity index (χ3n) is 1.45. The predicted octanol–water partition coefficient (Wildman–Crippen LogP) is 2.18. The molecule has 0 aromatic carbocycles. The van der Waals surface area contributed by atoms with Gasteiger partial charge in [-0.15, -0.1) is 0 Å². The summed E-state index contributed by atoms with van der Waals surface area (Å²) in [5.41, 5.74) is 0. The molecule has 0 aliphatic rings. The number of pyridine rings is 1. The van der Waals surface area contributed by atoms with Gasteiger partial charge in [0.25, 0.3) is 0 Å². The number of nitrogens with zero attached hydrogens (tertiary/aromatic N) is 1. The summed E-state index contributed by atoms with van der Waals surface area (Å²) in [6.45, 7) is 1.53. The maximum absolute atomic E-state index is 11.3. The van der Waals surface area contributed by atoms with Crippen LogP contribution in [0.25, 0.3) is 0 Å². The van der Waals surface area contributed by atoms with Gasteiger partial charge in [0.05, 0.1) is 15.8 Å². The Labute approximate surface area is 86.6 Å². The van der Waals surface area contributed by atoms with Crippen molar-refractivity contribution >= 4 is 33.0 Å². The smallest absolute Gasteiger partial charge is 0.196 e. The van der Waals surface area contributed by atoms with Crippen LogP contribution in [0, 0.1) is 0 Å². The first-order chi connectivity index (χ1) is 5.97. The third kappa shape index (κ3) is 2.33. The Morgan fingerprint density at radius 3 is 2.54 bits per heavy atom. The van der Waals surface area contributed by atoms with E-state index in [-0.39, 0.29) is 15.8 Å². The van der Waals surface area contributed by atoms with Crippen molar-refractivity contribution in [3.8, 4) is 0 Å². The van der Waals surface area contributed by atoms with E-state index >= 15 is 0 Å². The average Bonchev–Trinajstić information content (AvgIpc) is 2.03. The first-order valence-corrected chi connectivity index (χ1v) is 5.92. The van der Waals surface area contributed by atoms with Crippen LogP contribution in [0.15, 0.2) is 17.3 Å². The van der Waals surface area contributed by atoms with Crippen molar-refractivity contribution in [3.63, 3.8) is 0 Å². The van der Waals surface area contributed by atoms with Gasteiger partial charge in [-0.05, 0) is 6.07 Å². The van der Waals surface area contributed by atoms with E-state index < -0.39 is 9.84 Å². The van der Waals surface area contributed by atoms with Gasteiger partial charge in [0.1, 0.15) is 0 Å². The zero-order valence-electron chi connectivity index (χ0n) is 6.79. The molecule has 3 nitrogen and oxygen atoms in total. The molecule has 0 saturated heterocycles. The summed E-state index contributed by atoms with van der Waals surface area (Å²) >= 11 is 11.2. The number of rotatable bonds is 2. The molecule has 0 bridgehead atoms. The number of hydrogen-bond acceptors (Lipinski definition) is 3. The van der Waals surface area contributed by atoms with E-state index in [1.54, 1.807) is 0 Å². The Morgan fingerprint density at radius 1 is 1.46 bits per heavy atom. The highest BCUT2D eigenvalue weighted by Crippen LogP contribution is 2.22. The second kappa shape index (κ2) is 3.82. The van der Waals surface area contributed by atoms with Crippen molar-refractivity contribution in [3.05, 3.63) is 22.3 Å². The van der Waals surface area contributed by atoms with Crippen LogP contribution in [0.2, 0.25) is 10.0 Å². The summed E-state index contributed by atoms with van der Waals surface area (Å²) in [6.07, 6.45) is 1.26. The molecule has 0 N–H and O–H groups in total. The van der Waals surface area contributed by atoms with Gasteiger partial charge < -0.3 is 0 Å². The predicted molar refractivity (Wildman–Crippen MR) is 52.0 cm³/mol. The minimum Gasteiger partial charge on any atom is -0.242 e. The molecule has 0 atom stereocenters. The lowest BCUT2D eigenvalue weighted by molar-refractivity contribution is 0.593. The van der Waals surface area contributed by atoms with Crippen molar-refractivity contribution in [1.29, 1.82) is 0 Å². The van der Waals surface area contributed by atoms with Crippen molar-refractivity contribution in [2.75, 3.05) is 5.75 Å². The highest BCUT2D eigenvalue weighted by molar-refractivity contribution is 7.91. The fourth-order valence-corrected chi connectivity index (χ4v) is 2.34. The molecule has 13 heavy (non-hydrogen) atoms. The number of aromatic nitrogens is 1. The summed E-state index contributed by atoms with van der Waals surface area (Å²) in [4.78, 5) is 3.67. The van der Waals surface area contributed by atoms with E-state index in [4.69, 9.17) is 23.2 Å². The van der Waals surface area contributed by atoms with Gasteiger partial charge in [0.15, 0.2) is 14.9 Å². The van der Waals surface area contributed by atoms with Crippen molar-refractivity contribution in [1.82, 2.24) is 4.98 Å². The van der Waals surface area contributed by atoms with Crippen LogP contribution in [0.3, 0.4) is 0 Å². The normalized spacial score (nSPS) is 11.6. The second-order valence-electron chi connectivity index (χ2n) is 2.34. The Balaban J connectivity index is 3.33. The fraction of sp³-hybridized carbons (Fsp3) is 0.286. The molecular formula is C7H7Cl2NO2S. The highest BCUT2D eigenvalue weighted by Gasteiger charge is 2.17. The zero-order valence-corrected chi connectivity index (χ0v) is 9.12. The van der Waals surface area contributed by atoms with Crippen LogP contribution in [0.1, 0.15) is 6.92 Å². The second-order valence-corrected chi connectivity index (χ2v) is 5.38. The van der Waals surface area contributed by atoms with Crippen molar-refractivity contribution < 1.29 is 8.42 Å². The van der Waals surface area contributed by atoms with Gasteiger partial charge in [0, 0.05) is 6.20 Å². The summed E-state index contributed by atoms with van der Waals surface area (Å²) in [5.74, 6) is -0.0264. The van der Waals surface area contributed by atoms with E-state index in [1.807, 2.05) is 0 Å². The minimum absolute atomic E-state index is 0.0264. The molecule has 0 spiro atoms. The Hall–Kier alpha value is -0.320. The first kappa shape index (κ1) is 10.8. The van der Waals surface area contributed by atoms with Crippen LogP contribution < -0.4 is 0 Å². The van der Waals surface area contributed by atoms with Crippen molar-refractivity contribution in [2.24, 2.45) is 0 Å². The van der Waals surface area contributed by atoms with Crippen LogP contribution in [0.4, 0.5) is 0 Å². The average molecular weight is 240 g/mol. The third-order valence-corrected chi connectivity index (χ3v) is 3.73. The number of sulfone groups is 1. The molecule has 0 fully saturated rings. The monoisotopic (exact) mass is 239 g/mol. The lowest BCUT2D eigenvalue weighted by Gasteiger charge is -2.02. The number of hydrogen-bond donors (Lipinski definition) is 0. The van der Waals surface area contributed by atoms with E-state index in [9.17, 15) is 8.42 Å². The zero-order chi connectivity index (χ0) is 10.1. The van der Waals surface area contributed by atoms with E-state index in [0.29, 0.717) is 5.02 Å². The highest BCUT2D eigenvalue weighted by atomic mass is 35.5. The van der Waals surface area contributed by atoms with Gasteiger partial charge in [-0.1, -0.05) is 30.1 Å². The van der Waals surface area contributed by atoms with E-state index in [1.165, 1.54) is 19.2 Å². The topological polar surface area (TPSA) is 47.0 Å². The van der Waals surface area contributed by atoms with Crippen LogP contribution in [-0.4, -0.2) is 19.2 Å². The van der Waals surface area contributed by atoms with E-state index in [0.717, 1.165) is 0 Å². The van der Waals surface area contributed by atoms with Crippen LogP contribution in [-0.2, 0) is 9.84 Å². The summed E-state index contributed by atoms with van der Waals surface area (Å²) < 4.78 is 22.7. The maximum atomic E-state index is 11.3. The van der Waals surface area contributed by atoms with Crippen molar-refractivity contribution in [2.45, 2.75) is 11.9 Å². The van der Waals surface area contributed by atoms with E-state index in [2.05, 4.69) is 4.98 Å². The lowest BCUT2D eigenvalue weighted by Crippen LogP contribution is -2.06. The van der Waals surface area contributed by atoms with Gasteiger partial charge in [0.2, 0.25) is 0 Å². The minimum atomic E-state index is -3.35. The maximum Gasteiger partial charge on any atom is 0.196 e. The Kier molecular flexibility index (Phi) is 3.16. The van der Waals surface area contributed by atoms with Crippen LogP contribution in [0.5, 0.6) is 0 Å². The Bertz CT molecular complexity index is 417. The van der Waals surface area contributed by atoms with Gasteiger partial charge in [-0.2, -0.15) is 0 Å². The number of halogens is 2. The fourth-order valence-electron chi connectivity index (χ4n) is 0.768. The molecule has 0 saturated carbocycles. The summed E-state index contributed by atoms with van der Waals surface area (Å²) in [6, 6.07) is 1.36. The van der Waals surface area contributed by atoms with Gasteiger partial charge in [-0.25, -0.2) is 13.4 Å². The molecule has 1 aromatic heterocycles.